The van der Waals surface area contributed by atoms with Gasteiger partial charge < -0.3 is 10.1 Å². The van der Waals surface area contributed by atoms with Gasteiger partial charge in [0.05, 0.1) is 6.61 Å². The fourth-order valence-corrected chi connectivity index (χ4v) is 1.72. The lowest BCUT2D eigenvalue weighted by Gasteiger charge is -2.15. The molecule has 0 heterocycles. The second-order valence-corrected chi connectivity index (χ2v) is 4.28. The molecule has 0 aliphatic heterocycles. The molecule has 2 nitrogen and oxygen atoms in total. The van der Waals surface area contributed by atoms with E-state index in [0.29, 0.717) is 13.2 Å². The molecule has 0 aliphatic rings. The summed E-state index contributed by atoms with van der Waals surface area (Å²) in [4.78, 5) is 0. The maximum Gasteiger partial charge on any atom is 0.130 e. The molecule has 0 aromatic heterocycles. The van der Waals surface area contributed by atoms with Crippen LogP contribution in [0.15, 0.2) is 18.2 Å². The lowest BCUT2D eigenvalue weighted by molar-refractivity contribution is 0.131. The maximum absolute atomic E-state index is 13.5. The van der Waals surface area contributed by atoms with Crippen LogP contribution in [0.2, 0.25) is 0 Å². The Bertz CT molecular complexity index is 337. The van der Waals surface area contributed by atoms with Gasteiger partial charge in [-0.15, -0.1) is 0 Å². The number of hydrogen-bond donors (Lipinski definition) is 1. The normalized spacial score (nSPS) is 12.7. The van der Waals surface area contributed by atoms with Crippen LogP contribution in [0.3, 0.4) is 0 Å². The minimum atomic E-state index is -0.512. The number of unbranched alkanes of at least 4 members (excludes halogenated alkanes) is 1. The van der Waals surface area contributed by atoms with Gasteiger partial charge in [-0.2, -0.15) is 0 Å². The Morgan fingerprint density at radius 2 is 1.89 bits per heavy atom. The Morgan fingerprint density at radius 3 is 2.50 bits per heavy atom. The molecule has 0 amide bonds. The van der Waals surface area contributed by atoms with E-state index in [1.165, 1.54) is 18.2 Å². The van der Waals surface area contributed by atoms with Crippen LogP contribution in [0.25, 0.3) is 0 Å². The Labute approximate surface area is 107 Å². The third kappa shape index (κ3) is 4.70. The van der Waals surface area contributed by atoms with Gasteiger partial charge in [-0.05, 0) is 25.5 Å². The first-order chi connectivity index (χ1) is 8.66. The van der Waals surface area contributed by atoms with Gasteiger partial charge in [0.2, 0.25) is 0 Å². The topological polar surface area (TPSA) is 21.3 Å². The van der Waals surface area contributed by atoms with Gasteiger partial charge in [0.15, 0.2) is 0 Å². The van der Waals surface area contributed by atoms with Crippen molar-refractivity contribution in [3.63, 3.8) is 0 Å². The number of rotatable bonds is 8. The van der Waals surface area contributed by atoms with Crippen molar-refractivity contribution in [2.75, 3.05) is 19.8 Å². The minimum Gasteiger partial charge on any atom is -0.380 e. The fraction of sp³-hybridized carbons (Fsp3) is 0.571. The molecule has 0 saturated heterocycles. The van der Waals surface area contributed by atoms with Crippen LogP contribution >= 0.6 is 0 Å². The standard InChI is InChI=1S/C14H21F2NO/c1-3-4-9-18-10-8-17-11(2)14-12(15)6-5-7-13(14)16/h5-7,11,17H,3-4,8-10H2,1-2H3. The summed E-state index contributed by atoms with van der Waals surface area (Å²) in [6, 6.07) is 3.55. The molecule has 1 aromatic rings. The highest BCUT2D eigenvalue weighted by Crippen LogP contribution is 2.19. The average molecular weight is 257 g/mol. The number of ether oxygens (including phenoxy) is 1. The minimum absolute atomic E-state index is 0.0889. The number of nitrogens with one attached hydrogen (secondary N) is 1. The molecular formula is C14H21F2NO. The molecule has 0 spiro atoms. The zero-order chi connectivity index (χ0) is 13.4. The van der Waals surface area contributed by atoms with Crippen LogP contribution in [0.4, 0.5) is 8.78 Å². The first kappa shape index (κ1) is 15.1. The zero-order valence-corrected chi connectivity index (χ0v) is 11.0. The monoisotopic (exact) mass is 257 g/mol. The molecule has 0 saturated carbocycles. The first-order valence-corrected chi connectivity index (χ1v) is 6.41. The lowest BCUT2D eigenvalue weighted by atomic mass is 10.1. The summed E-state index contributed by atoms with van der Waals surface area (Å²) >= 11 is 0. The van der Waals surface area contributed by atoms with E-state index in [4.69, 9.17) is 4.74 Å². The molecule has 1 atom stereocenters. The van der Waals surface area contributed by atoms with Gasteiger partial charge in [0, 0.05) is 24.8 Å². The predicted molar refractivity (Wildman–Crippen MR) is 68.5 cm³/mol. The van der Waals surface area contributed by atoms with Crippen LogP contribution in [-0.4, -0.2) is 19.8 Å². The molecule has 0 fully saturated rings. The summed E-state index contributed by atoms with van der Waals surface area (Å²) < 4.78 is 32.3. The van der Waals surface area contributed by atoms with E-state index < -0.39 is 11.6 Å². The first-order valence-electron chi connectivity index (χ1n) is 6.41. The quantitative estimate of drug-likeness (QED) is 0.720. The highest BCUT2D eigenvalue weighted by molar-refractivity contribution is 5.22. The van der Waals surface area contributed by atoms with E-state index in [0.717, 1.165) is 19.4 Å². The van der Waals surface area contributed by atoms with E-state index in [1.54, 1.807) is 6.92 Å². The molecule has 1 aromatic carbocycles. The Kier molecular flexibility index (Phi) is 6.83. The van der Waals surface area contributed by atoms with Crippen molar-refractivity contribution in [3.05, 3.63) is 35.4 Å². The highest BCUT2D eigenvalue weighted by atomic mass is 19.1. The molecule has 18 heavy (non-hydrogen) atoms. The smallest absolute Gasteiger partial charge is 0.130 e. The molecule has 1 unspecified atom stereocenters. The summed E-state index contributed by atoms with van der Waals surface area (Å²) in [5, 5.41) is 3.05. The Morgan fingerprint density at radius 1 is 1.22 bits per heavy atom. The summed E-state index contributed by atoms with van der Waals surface area (Å²) in [6.07, 6.45) is 2.14. The largest absolute Gasteiger partial charge is 0.380 e. The second-order valence-electron chi connectivity index (χ2n) is 4.28. The van der Waals surface area contributed by atoms with Gasteiger partial charge in [0.25, 0.3) is 0 Å². The van der Waals surface area contributed by atoms with Gasteiger partial charge >= 0.3 is 0 Å². The van der Waals surface area contributed by atoms with E-state index in [2.05, 4.69) is 12.2 Å². The SMILES string of the molecule is CCCCOCCNC(C)c1c(F)cccc1F. The van der Waals surface area contributed by atoms with E-state index in [9.17, 15) is 8.78 Å². The van der Waals surface area contributed by atoms with Crippen LogP contribution in [0, 0.1) is 11.6 Å². The molecule has 0 aliphatic carbocycles. The summed E-state index contributed by atoms with van der Waals surface area (Å²) in [6.45, 7) is 5.72. The van der Waals surface area contributed by atoms with Crippen molar-refractivity contribution in [2.24, 2.45) is 0 Å². The van der Waals surface area contributed by atoms with Gasteiger partial charge in [-0.1, -0.05) is 19.4 Å². The van der Waals surface area contributed by atoms with E-state index >= 15 is 0 Å². The van der Waals surface area contributed by atoms with Crippen LogP contribution in [0.1, 0.15) is 38.3 Å². The van der Waals surface area contributed by atoms with Crippen molar-refractivity contribution in [3.8, 4) is 0 Å². The predicted octanol–water partition coefficient (Wildman–Crippen LogP) is 3.43. The van der Waals surface area contributed by atoms with Crippen molar-refractivity contribution >= 4 is 0 Å². The molecule has 0 bridgehead atoms. The fourth-order valence-electron chi connectivity index (χ4n) is 1.72. The zero-order valence-electron chi connectivity index (χ0n) is 11.0. The Hall–Kier alpha value is -1.00. The Balaban J connectivity index is 2.34. The molecule has 4 heteroatoms. The van der Waals surface area contributed by atoms with Crippen molar-refractivity contribution < 1.29 is 13.5 Å². The third-order valence-electron chi connectivity index (χ3n) is 2.77. The second kappa shape index (κ2) is 8.16. The number of halogens is 2. The van der Waals surface area contributed by atoms with Gasteiger partial charge in [-0.25, -0.2) is 8.78 Å². The molecule has 0 radical (unpaired) electrons. The highest BCUT2D eigenvalue weighted by Gasteiger charge is 2.14. The maximum atomic E-state index is 13.5. The number of hydrogen-bond acceptors (Lipinski definition) is 2. The number of benzene rings is 1. The molecule has 1 rings (SSSR count). The van der Waals surface area contributed by atoms with E-state index in [1.807, 2.05) is 0 Å². The molecule has 102 valence electrons. The van der Waals surface area contributed by atoms with Crippen molar-refractivity contribution in [1.82, 2.24) is 5.32 Å². The summed E-state index contributed by atoms with van der Waals surface area (Å²) in [5.74, 6) is -1.02. The van der Waals surface area contributed by atoms with Crippen LogP contribution in [-0.2, 0) is 4.74 Å². The van der Waals surface area contributed by atoms with Crippen molar-refractivity contribution in [1.29, 1.82) is 0 Å². The third-order valence-corrected chi connectivity index (χ3v) is 2.77. The van der Waals surface area contributed by atoms with E-state index in [-0.39, 0.29) is 11.6 Å². The molecule has 1 N–H and O–H groups in total. The van der Waals surface area contributed by atoms with Gasteiger partial charge in [0.1, 0.15) is 11.6 Å². The van der Waals surface area contributed by atoms with Crippen LogP contribution < -0.4 is 5.32 Å². The van der Waals surface area contributed by atoms with Crippen molar-refractivity contribution in [2.45, 2.75) is 32.7 Å². The van der Waals surface area contributed by atoms with Crippen LogP contribution in [0.5, 0.6) is 0 Å². The van der Waals surface area contributed by atoms with Gasteiger partial charge in [-0.3, -0.25) is 0 Å². The summed E-state index contributed by atoms with van der Waals surface area (Å²) in [5.41, 5.74) is 0.0889. The lowest BCUT2D eigenvalue weighted by Crippen LogP contribution is -2.25. The summed E-state index contributed by atoms with van der Waals surface area (Å²) in [7, 11) is 0. The average Bonchev–Trinajstić information content (AvgIpc) is 2.33. The molecular weight excluding hydrogens is 236 g/mol.